The first-order valence-electron chi connectivity index (χ1n) is 15.9. The molecule has 2 unspecified atom stereocenters. The number of carboxylic acids is 1. The van der Waals surface area contributed by atoms with Gasteiger partial charge in [-0.15, -0.1) is 0 Å². The number of Topliss-reactive ketones (excluding diaryl/α,β-unsaturated/α-hetero) is 1. The van der Waals surface area contributed by atoms with E-state index in [0.717, 1.165) is 68.9 Å². The molecule has 0 aliphatic heterocycles. The van der Waals surface area contributed by atoms with E-state index in [0.29, 0.717) is 29.5 Å². The lowest BCUT2D eigenvalue weighted by Crippen LogP contribution is -2.67. The third kappa shape index (κ3) is 3.48. The SMILES string of the molecule is C=C(C)[C@@H]1CC[C@]2(C(=O)O)CC[C@]3(C)[C@H](CC[C@@H]4[C@@]5(C)CC(=Cc6ccccc6)C(=O)C(C)(C)C5CC[C@]43C)C12. The van der Waals surface area contributed by atoms with Crippen LogP contribution in [-0.2, 0) is 9.59 Å². The monoisotopic (exact) mass is 542 g/mol. The number of hydrogen-bond donors (Lipinski definition) is 1. The van der Waals surface area contributed by atoms with Gasteiger partial charge in [0.05, 0.1) is 5.41 Å². The Morgan fingerprint density at radius 2 is 1.60 bits per heavy atom. The van der Waals surface area contributed by atoms with Gasteiger partial charge in [-0.05, 0) is 128 Å². The van der Waals surface area contributed by atoms with Crippen molar-refractivity contribution in [1.29, 1.82) is 0 Å². The molecule has 3 heteroatoms. The van der Waals surface area contributed by atoms with Crippen LogP contribution < -0.4 is 0 Å². The first-order valence-corrected chi connectivity index (χ1v) is 15.9. The zero-order chi connectivity index (χ0) is 28.9. The second kappa shape index (κ2) is 8.92. The summed E-state index contributed by atoms with van der Waals surface area (Å²) in [5.74, 6) is 1.60. The summed E-state index contributed by atoms with van der Waals surface area (Å²) in [5, 5.41) is 10.6. The zero-order valence-corrected chi connectivity index (χ0v) is 25.7. The maximum Gasteiger partial charge on any atom is 0.309 e. The molecule has 0 radical (unpaired) electrons. The van der Waals surface area contributed by atoms with Gasteiger partial charge in [-0.25, -0.2) is 0 Å². The molecule has 9 atom stereocenters. The van der Waals surface area contributed by atoms with Gasteiger partial charge in [-0.1, -0.05) is 77.1 Å². The van der Waals surface area contributed by atoms with Crippen LogP contribution in [0.1, 0.15) is 105 Å². The van der Waals surface area contributed by atoms with Crippen molar-refractivity contribution >= 4 is 17.8 Å². The van der Waals surface area contributed by atoms with E-state index in [1.54, 1.807) is 0 Å². The Labute approximate surface area is 241 Å². The van der Waals surface area contributed by atoms with Crippen molar-refractivity contribution in [3.8, 4) is 0 Å². The number of hydrogen-bond acceptors (Lipinski definition) is 2. The van der Waals surface area contributed by atoms with Crippen LogP contribution in [0.2, 0.25) is 0 Å². The second-order valence-electron chi connectivity index (χ2n) is 16.0. The van der Waals surface area contributed by atoms with Gasteiger partial charge >= 0.3 is 5.97 Å². The van der Waals surface area contributed by atoms with Crippen molar-refractivity contribution in [2.45, 2.75) is 99.3 Å². The molecule has 40 heavy (non-hydrogen) atoms. The Kier molecular flexibility index (Phi) is 6.24. The van der Waals surface area contributed by atoms with Gasteiger partial charge in [0.15, 0.2) is 5.78 Å². The number of carbonyl (C=O) groups excluding carboxylic acids is 1. The van der Waals surface area contributed by atoms with Crippen LogP contribution in [-0.4, -0.2) is 16.9 Å². The minimum Gasteiger partial charge on any atom is -0.481 e. The predicted octanol–water partition coefficient (Wildman–Crippen LogP) is 8.99. The van der Waals surface area contributed by atoms with Crippen LogP contribution in [0.5, 0.6) is 0 Å². The van der Waals surface area contributed by atoms with Crippen LogP contribution in [0, 0.1) is 56.7 Å². The van der Waals surface area contributed by atoms with Crippen molar-refractivity contribution in [2.75, 3.05) is 0 Å². The summed E-state index contributed by atoms with van der Waals surface area (Å²) in [5.41, 5.74) is 2.60. The second-order valence-corrected chi connectivity index (χ2v) is 16.0. The standard InChI is InChI=1S/C37H50O3/c1-23(2)26-15-18-37(32(39)40)20-19-35(6)27(30(26)37)13-14-29-34(5)22-25(21-24-11-9-8-10-12-24)31(38)33(3,4)28(34)16-17-36(29,35)7/h8-12,21,26-30H,1,13-20,22H2,2-7H3,(H,39,40)/t26-,27+,28?,29+,30?,34-,35+,36+,37-/m0/s1. The van der Waals surface area contributed by atoms with Gasteiger partial charge in [-0.2, -0.15) is 0 Å². The lowest BCUT2D eigenvalue weighted by Gasteiger charge is -2.72. The van der Waals surface area contributed by atoms with Crippen LogP contribution in [0.25, 0.3) is 6.08 Å². The van der Waals surface area contributed by atoms with Crippen molar-refractivity contribution < 1.29 is 14.7 Å². The molecule has 3 nitrogen and oxygen atoms in total. The maximum atomic E-state index is 14.0. The molecule has 5 saturated carbocycles. The summed E-state index contributed by atoms with van der Waals surface area (Å²) in [6.07, 6.45) is 11.1. The third-order valence-electron chi connectivity index (χ3n) is 14.2. The minimum absolute atomic E-state index is 0.0454. The van der Waals surface area contributed by atoms with E-state index in [-0.39, 0.29) is 27.6 Å². The van der Waals surface area contributed by atoms with E-state index >= 15 is 0 Å². The van der Waals surface area contributed by atoms with Gasteiger partial charge in [0.1, 0.15) is 0 Å². The quantitative estimate of drug-likeness (QED) is 0.306. The zero-order valence-electron chi connectivity index (χ0n) is 25.7. The Morgan fingerprint density at radius 1 is 0.900 bits per heavy atom. The summed E-state index contributed by atoms with van der Waals surface area (Å²) in [6.45, 7) is 18.6. The van der Waals surface area contributed by atoms with Gasteiger partial charge < -0.3 is 5.11 Å². The topological polar surface area (TPSA) is 54.4 Å². The molecule has 216 valence electrons. The van der Waals surface area contributed by atoms with E-state index < -0.39 is 11.4 Å². The summed E-state index contributed by atoms with van der Waals surface area (Å²) < 4.78 is 0. The van der Waals surface area contributed by atoms with Crippen molar-refractivity contribution in [3.05, 3.63) is 53.6 Å². The number of carboxylic acid groups (broad SMARTS) is 1. The molecular weight excluding hydrogens is 492 g/mol. The lowest BCUT2D eigenvalue weighted by molar-refractivity contribution is -0.231. The normalized spacial score (nSPS) is 46.6. The molecule has 5 aliphatic rings. The number of fused-ring (bicyclic) bond motifs is 7. The molecule has 0 bridgehead atoms. The van der Waals surface area contributed by atoms with E-state index in [4.69, 9.17) is 0 Å². The number of allylic oxidation sites excluding steroid dienone is 2. The number of carbonyl (C=O) groups is 2. The number of rotatable bonds is 3. The number of aliphatic carboxylic acids is 1. The Bertz CT molecular complexity index is 1270. The molecule has 1 aromatic carbocycles. The molecule has 6 rings (SSSR count). The summed E-state index contributed by atoms with van der Waals surface area (Å²) in [7, 11) is 0. The predicted molar refractivity (Wildman–Crippen MR) is 161 cm³/mol. The van der Waals surface area contributed by atoms with Crippen molar-refractivity contribution in [1.82, 2.24) is 0 Å². The highest BCUT2D eigenvalue weighted by atomic mass is 16.4. The van der Waals surface area contributed by atoms with E-state index in [9.17, 15) is 14.7 Å². The molecule has 0 saturated heterocycles. The van der Waals surface area contributed by atoms with Crippen molar-refractivity contribution in [2.24, 2.45) is 56.7 Å². The van der Waals surface area contributed by atoms with Gasteiger partial charge in [-0.3, -0.25) is 9.59 Å². The largest absolute Gasteiger partial charge is 0.481 e. The summed E-state index contributed by atoms with van der Waals surface area (Å²) >= 11 is 0. The Hall–Kier alpha value is -2.16. The fourth-order valence-electron chi connectivity index (χ4n) is 12.2. The molecular formula is C37H50O3. The third-order valence-corrected chi connectivity index (χ3v) is 14.2. The smallest absolute Gasteiger partial charge is 0.309 e. The average molecular weight is 543 g/mol. The molecule has 0 aromatic heterocycles. The summed E-state index contributed by atoms with van der Waals surface area (Å²) in [4.78, 5) is 26.9. The number of ketones is 1. The molecule has 5 aliphatic carbocycles. The highest BCUT2D eigenvalue weighted by Crippen LogP contribution is 2.77. The van der Waals surface area contributed by atoms with Gasteiger partial charge in [0, 0.05) is 5.41 Å². The fourth-order valence-corrected chi connectivity index (χ4v) is 12.2. The van der Waals surface area contributed by atoms with E-state index in [1.807, 2.05) is 6.07 Å². The van der Waals surface area contributed by atoms with Crippen molar-refractivity contribution in [3.63, 3.8) is 0 Å². The number of benzene rings is 1. The lowest BCUT2D eigenvalue weighted by atomic mass is 9.32. The summed E-state index contributed by atoms with van der Waals surface area (Å²) in [6, 6.07) is 10.3. The van der Waals surface area contributed by atoms with E-state index in [1.165, 1.54) is 5.57 Å². The fraction of sp³-hybridized carbons (Fsp3) is 0.676. The molecule has 0 heterocycles. The van der Waals surface area contributed by atoms with E-state index in [2.05, 4.69) is 78.5 Å². The maximum absolute atomic E-state index is 14.0. The Morgan fingerprint density at radius 3 is 2.25 bits per heavy atom. The first-order chi connectivity index (χ1) is 18.7. The van der Waals surface area contributed by atoms with Crippen LogP contribution in [0.4, 0.5) is 0 Å². The highest BCUT2D eigenvalue weighted by Gasteiger charge is 2.72. The Balaban J connectivity index is 1.42. The molecule has 0 amide bonds. The first kappa shape index (κ1) is 28.0. The minimum atomic E-state index is -0.580. The molecule has 1 aromatic rings. The molecule has 1 N–H and O–H groups in total. The van der Waals surface area contributed by atoms with Crippen LogP contribution in [0.3, 0.4) is 0 Å². The molecule has 5 fully saturated rings. The molecule has 0 spiro atoms. The van der Waals surface area contributed by atoms with Gasteiger partial charge in [0.25, 0.3) is 0 Å². The van der Waals surface area contributed by atoms with Gasteiger partial charge in [0.2, 0.25) is 0 Å². The van der Waals surface area contributed by atoms with Crippen LogP contribution >= 0.6 is 0 Å². The highest BCUT2D eigenvalue weighted by molar-refractivity contribution is 6.04. The average Bonchev–Trinajstić information content (AvgIpc) is 3.30. The van der Waals surface area contributed by atoms with Crippen LogP contribution in [0.15, 0.2) is 48.1 Å².